The molecule has 1 aromatic rings. The first kappa shape index (κ1) is 13.1. The smallest absolute Gasteiger partial charge is 0.323 e. The van der Waals surface area contributed by atoms with Crippen LogP contribution in [0, 0.1) is 5.82 Å². The van der Waals surface area contributed by atoms with Crippen LogP contribution in [0.15, 0.2) is 22.7 Å². The Kier molecular flexibility index (Phi) is 4.04. The minimum Gasteiger partial charge on any atom is -0.480 e. The van der Waals surface area contributed by atoms with Crippen molar-refractivity contribution < 1.29 is 14.3 Å². The van der Waals surface area contributed by atoms with E-state index in [9.17, 15) is 9.18 Å². The standard InChI is InChI=1S/C11H13BrFNO2/c1-11(2,10(15)16)14-6-7-3-4-9(13)8(12)5-7/h3-5,14H,6H2,1-2H3,(H,15,16). The van der Waals surface area contributed by atoms with Crippen LogP contribution in [0.2, 0.25) is 0 Å². The molecule has 5 heteroatoms. The Labute approximate surface area is 102 Å². The van der Waals surface area contributed by atoms with Crippen LogP contribution in [0.25, 0.3) is 0 Å². The lowest BCUT2D eigenvalue weighted by molar-refractivity contribution is -0.143. The van der Waals surface area contributed by atoms with Crippen LogP contribution >= 0.6 is 15.9 Å². The fourth-order valence-electron chi connectivity index (χ4n) is 1.05. The van der Waals surface area contributed by atoms with Gasteiger partial charge in [0.1, 0.15) is 11.4 Å². The molecule has 0 fully saturated rings. The maximum atomic E-state index is 12.9. The monoisotopic (exact) mass is 289 g/mol. The highest BCUT2D eigenvalue weighted by Crippen LogP contribution is 2.17. The highest BCUT2D eigenvalue weighted by atomic mass is 79.9. The molecule has 2 N–H and O–H groups in total. The van der Waals surface area contributed by atoms with Crippen LogP contribution in [0.5, 0.6) is 0 Å². The zero-order valence-electron chi connectivity index (χ0n) is 9.05. The summed E-state index contributed by atoms with van der Waals surface area (Å²) >= 11 is 3.08. The fraction of sp³-hybridized carbons (Fsp3) is 0.364. The molecular formula is C11H13BrFNO2. The Hall–Kier alpha value is -0.940. The van der Waals surface area contributed by atoms with Crippen LogP contribution in [0.4, 0.5) is 4.39 Å². The molecule has 0 heterocycles. The molecule has 0 saturated carbocycles. The second-order valence-electron chi connectivity index (χ2n) is 4.03. The molecule has 0 aromatic heterocycles. The molecule has 0 radical (unpaired) electrons. The van der Waals surface area contributed by atoms with E-state index in [-0.39, 0.29) is 5.82 Å². The Morgan fingerprint density at radius 3 is 2.69 bits per heavy atom. The Balaban J connectivity index is 2.68. The van der Waals surface area contributed by atoms with E-state index in [0.717, 1.165) is 5.56 Å². The fourth-order valence-corrected chi connectivity index (χ4v) is 1.47. The Morgan fingerprint density at radius 1 is 1.56 bits per heavy atom. The maximum absolute atomic E-state index is 12.9. The van der Waals surface area contributed by atoms with E-state index in [1.165, 1.54) is 6.07 Å². The zero-order chi connectivity index (χ0) is 12.3. The average Bonchev–Trinajstić information content (AvgIpc) is 2.20. The van der Waals surface area contributed by atoms with E-state index >= 15 is 0 Å². The summed E-state index contributed by atoms with van der Waals surface area (Å²) in [6, 6.07) is 4.58. The summed E-state index contributed by atoms with van der Waals surface area (Å²) in [4.78, 5) is 10.8. The van der Waals surface area contributed by atoms with Gasteiger partial charge in [-0.3, -0.25) is 10.1 Å². The molecule has 0 amide bonds. The topological polar surface area (TPSA) is 49.3 Å². The number of hydrogen-bond acceptors (Lipinski definition) is 2. The zero-order valence-corrected chi connectivity index (χ0v) is 10.6. The first-order valence-corrected chi connectivity index (χ1v) is 5.54. The van der Waals surface area contributed by atoms with Gasteiger partial charge in [-0.1, -0.05) is 6.07 Å². The summed E-state index contributed by atoms with van der Waals surface area (Å²) in [5.41, 5.74) is -0.177. The number of hydrogen-bond donors (Lipinski definition) is 2. The van der Waals surface area contributed by atoms with Crippen LogP contribution in [0.1, 0.15) is 19.4 Å². The summed E-state index contributed by atoms with van der Waals surface area (Å²) in [7, 11) is 0. The number of halogens is 2. The first-order chi connectivity index (χ1) is 7.33. The molecule has 3 nitrogen and oxygen atoms in total. The van der Waals surface area contributed by atoms with Crippen molar-refractivity contribution >= 4 is 21.9 Å². The van der Waals surface area contributed by atoms with Gasteiger partial charge in [0.25, 0.3) is 0 Å². The molecule has 0 aliphatic carbocycles. The van der Waals surface area contributed by atoms with Gasteiger partial charge in [-0.25, -0.2) is 4.39 Å². The van der Waals surface area contributed by atoms with Crippen LogP contribution in [-0.4, -0.2) is 16.6 Å². The lowest BCUT2D eigenvalue weighted by Gasteiger charge is -2.21. The normalized spacial score (nSPS) is 11.5. The molecule has 0 saturated heterocycles. The van der Waals surface area contributed by atoms with Gasteiger partial charge in [-0.2, -0.15) is 0 Å². The number of rotatable bonds is 4. The van der Waals surface area contributed by atoms with E-state index in [2.05, 4.69) is 21.2 Å². The molecule has 0 atom stereocenters. The quantitative estimate of drug-likeness (QED) is 0.896. The second kappa shape index (κ2) is 4.93. The molecule has 16 heavy (non-hydrogen) atoms. The SMILES string of the molecule is CC(C)(NCc1ccc(F)c(Br)c1)C(=O)O. The van der Waals surface area contributed by atoms with Crippen LogP contribution in [0.3, 0.4) is 0 Å². The third-order valence-electron chi connectivity index (χ3n) is 2.25. The van der Waals surface area contributed by atoms with E-state index in [1.54, 1.807) is 26.0 Å². The van der Waals surface area contributed by atoms with Gasteiger partial charge < -0.3 is 5.11 Å². The van der Waals surface area contributed by atoms with Gasteiger partial charge in [0.15, 0.2) is 0 Å². The van der Waals surface area contributed by atoms with Gasteiger partial charge in [0.05, 0.1) is 4.47 Å². The predicted octanol–water partition coefficient (Wildman–Crippen LogP) is 2.54. The molecule has 0 aliphatic rings. The number of nitrogens with one attached hydrogen (secondary N) is 1. The van der Waals surface area contributed by atoms with Gasteiger partial charge in [0, 0.05) is 6.54 Å². The minimum atomic E-state index is -0.999. The van der Waals surface area contributed by atoms with Crippen molar-refractivity contribution in [2.75, 3.05) is 0 Å². The van der Waals surface area contributed by atoms with E-state index in [4.69, 9.17) is 5.11 Å². The molecule has 0 spiro atoms. The van der Waals surface area contributed by atoms with E-state index in [1.807, 2.05) is 0 Å². The molecule has 1 aromatic carbocycles. The van der Waals surface area contributed by atoms with Gasteiger partial charge in [-0.15, -0.1) is 0 Å². The van der Waals surface area contributed by atoms with Crippen molar-refractivity contribution in [2.24, 2.45) is 0 Å². The first-order valence-electron chi connectivity index (χ1n) is 4.75. The van der Waals surface area contributed by atoms with Crippen molar-refractivity contribution in [1.29, 1.82) is 0 Å². The highest BCUT2D eigenvalue weighted by Gasteiger charge is 2.25. The summed E-state index contributed by atoms with van der Waals surface area (Å²) in [5.74, 6) is -1.25. The van der Waals surface area contributed by atoms with Crippen LogP contribution < -0.4 is 5.32 Å². The van der Waals surface area contributed by atoms with Crippen molar-refractivity contribution in [3.05, 3.63) is 34.1 Å². The molecule has 0 aliphatic heterocycles. The third kappa shape index (κ3) is 3.28. The Bertz CT molecular complexity index is 407. The molecule has 0 bridgehead atoms. The number of carboxylic acids is 1. The molecule has 1 rings (SSSR count). The second-order valence-corrected chi connectivity index (χ2v) is 4.89. The summed E-state index contributed by atoms with van der Waals surface area (Å²) in [6.07, 6.45) is 0. The van der Waals surface area contributed by atoms with E-state index < -0.39 is 11.5 Å². The lowest BCUT2D eigenvalue weighted by Crippen LogP contribution is -2.46. The summed E-state index contributed by atoms with van der Waals surface area (Å²) in [5, 5.41) is 11.8. The largest absolute Gasteiger partial charge is 0.480 e. The molecule has 88 valence electrons. The van der Waals surface area contributed by atoms with Crippen molar-refractivity contribution in [1.82, 2.24) is 5.32 Å². The predicted molar refractivity (Wildman–Crippen MR) is 62.7 cm³/mol. The summed E-state index contributed by atoms with van der Waals surface area (Å²) in [6.45, 7) is 3.53. The molecule has 0 unspecified atom stereocenters. The van der Waals surface area contributed by atoms with Crippen LogP contribution in [-0.2, 0) is 11.3 Å². The number of carboxylic acid groups (broad SMARTS) is 1. The number of aliphatic carboxylic acids is 1. The van der Waals surface area contributed by atoms with Gasteiger partial charge >= 0.3 is 5.97 Å². The third-order valence-corrected chi connectivity index (χ3v) is 2.86. The van der Waals surface area contributed by atoms with E-state index in [0.29, 0.717) is 11.0 Å². The highest BCUT2D eigenvalue weighted by molar-refractivity contribution is 9.10. The van der Waals surface area contributed by atoms with Crippen molar-refractivity contribution in [3.63, 3.8) is 0 Å². The average molecular weight is 290 g/mol. The number of carbonyl (C=O) groups is 1. The van der Waals surface area contributed by atoms with Crippen molar-refractivity contribution in [3.8, 4) is 0 Å². The minimum absolute atomic E-state index is 0.332. The Morgan fingerprint density at radius 2 is 2.19 bits per heavy atom. The van der Waals surface area contributed by atoms with Gasteiger partial charge in [-0.05, 0) is 47.5 Å². The van der Waals surface area contributed by atoms with Gasteiger partial charge in [0.2, 0.25) is 0 Å². The summed E-state index contributed by atoms with van der Waals surface area (Å²) < 4.78 is 13.3. The maximum Gasteiger partial charge on any atom is 0.323 e. The lowest BCUT2D eigenvalue weighted by atomic mass is 10.1. The number of benzene rings is 1. The van der Waals surface area contributed by atoms with Crippen molar-refractivity contribution in [2.45, 2.75) is 25.9 Å². The molecular weight excluding hydrogens is 277 g/mol.